The Morgan fingerprint density at radius 2 is 1.65 bits per heavy atom. The van der Waals surface area contributed by atoms with Crippen LogP contribution in [0.25, 0.3) is 16.7 Å². The van der Waals surface area contributed by atoms with Crippen LogP contribution in [-0.4, -0.2) is 16.2 Å². The van der Waals surface area contributed by atoms with E-state index in [1.165, 1.54) is 16.7 Å². The normalized spacial score (nSPS) is 11.7. The van der Waals surface area contributed by atoms with E-state index in [1.807, 2.05) is 12.1 Å². The molecule has 5 heteroatoms. The van der Waals surface area contributed by atoms with E-state index in [0.717, 1.165) is 52.3 Å². The Kier molecular flexibility index (Phi) is 7.81. The average molecular weight is 568 g/mol. The fraction of sp³-hybridized carbons (Fsp3) is 0.345. The second-order valence-corrected chi connectivity index (χ2v) is 10.5. The van der Waals surface area contributed by atoms with Crippen LogP contribution in [0.15, 0.2) is 66.7 Å². The smallest absolute Gasteiger partial charge is 0.208 e. The molecule has 0 atom stereocenters. The van der Waals surface area contributed by atoms with Gasteiger partial charge in [-0.25, -0.2) is 4.98 Å². The summed E-state index contributed by atoms with van der Waals surface area (Å²) in [7, 11) is 0. The monoisotopic (exact) mass is 567 g/mol. The van der Waals surface area contributed by atoms with Gasteiger partial charge in [0.25, 0.3) is 0 Å². The van der Waals surface area contributed by atoms with Crippen LogP contribution in [0.5, 0.6) is 5.75 Å². The van der Waals surface area contributed by atoms with Crippen LogP contribution in [0.1, 0.15) is 57.2 Å². The Balaban J connectivity index is 1.62. The zero-order chi connectivity index (χ0) is 24.1. The first-order valence-corrected chi connectivity index (χ1v) is 13.6. The lowest BCUT2D eigenvalue weighted by Gasteiger charge is -2.19. The zero-order valence-corrected chi connectivity index (χ0v) is 22.7. The minimum atomic E-state index is 0.155. The third-order valence-corrected chi connectivity index (χ3v) is 6.89. The molecule has 4 nitrogen and oxygen atoms in total. The summed E-state index contributed by atoms with van der Waals surface area (Å²) in [5.41, 5.74) is 7.18. The number of hydrogen-bond donors (Lipinski definition) is 1. The molecular formula is C29H34IN3O. The third kappa shape index (κ3) is 5.74. The highest BCUT2D eigenvalue weighted by molar-refractivity contribution is 14.1. The Labute approximate surface area is 216 Å². The number of fused-ring (bicyclic) bond motifs is 1. The van der Waals surface area contributed by atoms with Crippen LogP contribution >= 0.6 is 22.6 Å². The highest BCUT2D eigenvalue weighted by Crippen LogP contribution is 2.28. The lowest BCUT2D eigenvalue weighted by molar-refractivity contribution is 0.309. The number of nitrogens with one attached hydrogen (secondary N) is 1. The summed E-state index contributed by atoms with van der Waals surface area (Å²) in [4.78, 5) is 4.97. The van der Waals surface area contributed by atoms with Gasteiger partial charge in [-0.2, -0.15) is 0 Å². The molecule has 0 unspecified atom stereocenters. The number of nitrogens with zero attached hydrogens (tertiary/aromatic N) is 2. The Morgan fingerprint density at radius 1 is 0.941 bits per heavy atom. The molecule has 1 heterocycles. The predicted octanol–water partition coefficient (Wildman–Crippen LogP) is 8.05. The zero-order valence-electron chi connectivity index (χ0n) is 20.6. The van der Waals surface area contributed by atoms with Gasteiger partial charge >= 0.3 is 0 Å². The molecule has 0 fully saturated rings. The highest BCUT2D eigenvalue weighted by Gasteiger charge is 2.15. The molecule has 3 aromatic carbocycles. The summed E-state index contributed by atoms with van der Waals surface area (Å²) in [6.07, 6.45) is 2.20. The highest BCUT2D eigenvalue weighted by atomic mass is 127. The Bertz CT molecular complexity index is 1220. The van der Waals surface area contributed by atoms with Crippen molar-refractivity contribution in [2.24, 2.45) is 0 Å². The number of rotatable bonds is 9. The van der Waals surface area contributed by atoms with Gasteiger partial charge in [-0.05, 0) is 64.9 Å². The molecule has 4 aromatic rings. The van der Waals surface area contributed by atoms with Crippen molar-refractivity contribution in [2.45, 2.75) is 56.9 Å². The van der Waals surface area contributed by atoms with Crippen LogP contribution in [0.4, 0.5) is 5.95 Å². The minimum absolute atomic E-state index is 0.155. The van der Waals surface area contributed by atoms with Gasteiger partial charge in [-0.1, -0.05) is 87.0 Å². The van der Waals surface area contributed by atoms with E-state index in [9.17, 15) is 0 Å². The molecular weight excluding hydrogens is 533 g/mol. The number of ether oxygens (including phenoxy) is 1. The summed E-state index contributed by atoms with van der Waals surface area (Å²) in [6, 6.07) is 23.7. The number of aromatic nitrogens is 2. The number of anilines is 1. The fourth-order valence-electron chi connectivity index (χ4n) is 3.92. The summed E-state index contributed by atoms with van der Waals surface area (Å²) >= 11 is 2.40. The summed E-state index contributed by atoms with van der Waals surface area (Å²) < 4.78 is 9.03. The van der Waals surface area contributed by atoms with Crippen molar-refractivity contribution in [2.75, 3.05) is 11.9 Å². The van der Waals surface area contributed by atoms with E-state index < -0.39 is 0 Å². The van der Waals surface area contributed by atoms with Crippen molar-refractivity contribution in [3.05, 3.63) is 83.4 Å². The van der Waals surface area contributed by atoms with Crippen LogP contribution < -0.4 is 10.1 Å². The molecule has 1 N–H and O–H groups in total. The van der Waals surface area contributed by atoms with Crippen molar-refractivity contribution in [1.29, 1.82) is 0 Å². The maximum absolute atomic E-state index is 5.86. The maximum atomic E-state index is 5.86. The molecule has 0 saturated heterocycles. The number of halogens is 1. The molecule has 0 radical (unpaired) electrons. The molecule has 0 amide bonds. The first kappa shape index (κ1) is 24.6. The second kappa shape index (κ2) is 10.8. The van der Waals surface area contributed by atoms with Crippen LogP contribution in [0.3, 0.4) is 0 Å². The molecule has 1 aromatic heterocycles. The summed E-state index contributed by atoms with van der Waals surface area (Å²) in [6.45, 7) is 10.4. The molecule has 0 spiro atoms. The van der Waals surface area contributed by atoms with Crippen LogP contribution in [0, 0.1) is 0 Å². The number of hydrogen-bond acceptors (Lipinski definition) is 3. The van der Waals surface area contributed by atoms with Gasteiger partial charge < -0.3 is 10.1 Å². The largest absolute Gasteiger partial charge is 0.494 e. The average Bonchev–Trinajstić information content (AvgIpc) is 3.20. The van der Waals surface area contributed by atoms with E-state index in [-0.39, 0.29) is 5.41 Å². The Hall–Kier alpha value is -2.54. The van der Waals surface area contributed by atoms with Crippen molar-refractivity contribution >= 4 is 39.6 Å². The van der Waals surface area contributed by atoms with Crippen molar-refractivity contribution < 1.29 is 4.74 Å². The Morgan fingerprint density at radius 3 is 2.29 bits per heavy atom. The third-order valence-electron chi connectivity index (χ3n) is 6.01. The van der Waals surface area contributed by atoms with Crippen LogP contribution in [-0.2, 0) is 16.4 Å². The molecule has 0 saturated carbocycles. The quantitative estimate of drug-likeness (QED) is 0.126. The molecule has 4 rings (SSSR count). The first-order valence-electron chi connectivity index (χ1n) is 12.0. The minimum Gasteiger partial charge on any atom is -0.494 e. The SMILES string of the molecule is CCCCOc1ccc(-n2c(NCc3ccc(C(C)(C)C)cc3)nc3cc(CI)ccc32)cc1. The van der Waals surface area contributed by atoms with Gasteiger partial charge in [-0.3, -0.25) is 4.57 Å². The fourth-order valence-corrected chi connectivity index (χ4v) is 4.39. The molecule has 178 valence electrons. The molecule has 0 aliphatic heterocycles. The van der Waals surface area contributed by atoms with E-state index >= 15 is 0 Å². The lowest BCUT2D eigenvalue weighted by atomic mass is 9.87. The van der Waals surface area contributed by atoms with E-state index in [0.29, 0.717) is 6.54 Å². The number of unbranched alkanes of at least 4 members (excludes halogenated alkanes) is 1. The van der Waals surface area contributed by atoms with E-state index in [1.54, 1.807) is 0 Å². The van der Waals surface area contributed by atoms with Crippen molar-refractivity contribution in [1.82, 2.24) is 9.55 Å². The summed E-state index contributed by atoms with van der Waals surface area (Å²) in [5.74, 6) is 1.75. The lowest BCUT2D eigenvalue weighted by Crippen LogP contribution is -2.11. The topological polar surface area (TPSA) is 39.1 Å². The van der Waals surface area contributed by atoms with Gasteiger partial charge in [-0.15, -0.1) is 0 Å². The number of imidazole rings is 1. The molecule has 0 aliphatic rings. The second-order valence-electron chi connectivity index (χ2n) is 9.72. The number of benzene rings is 3. The molecule has 0 aliphatic carbocycles. The first-order chi connectivity index (χ1) is 16.4. The van der Waals surface area contributed by atoms with E-state index in [2.05, 4.69) is 115 Å². The van der Waals surface area contributed by atoms with Crippen molar-refractivity contribution in [3.63, 3.8) is 0 Å². The standard InChI is InChI=1S/C29H34IN3O/c1-5-6-17-34-25-14-12-24(13-15-25)33-27-16-9-22(19-30)18-26(27)32-28(33)31-20-21-7-10-23(11-8-21)29(2,3)4/h7-16,18H,5-6,17,19-20H2,1-4H3,(H,31,32). The molecule has 34 heavy (non-hydrogen) atoms. The van der Waals surface area contributed by atoms with Crippen LogP contribution in [0.2, 0.25) is 0 Å². The van der Waals surface area contributed by atoms with E-state index in [4.69, 9.17) is 9.72 Å². The predicted molar refractivity (Wildman–Crippen MR) is 152 cm³/mol. The number of alkyl halides is 1. The van der Waals surface area contributed by atoms with Gasteiger partial charge in [0.05, 0.1) is 17.6 Å². The van der Waals surface area contributed by atoms with Gasteiger partial charge in [0, 0.05) is 16.7 Å². The van der Waals surface area contributed by atoms with Gasteiger partial charge in [0.15, 0.2) is 0 Å². The van der Waals surface area contributed by atoms with Gasteiger partial charge in [0.1, 0.15) is 5.75 Å². The summed E-state index contributed by atoms with van der Waals surface area (Å²) in [5, 5.41) is 3.59. The van der Waals surface area contributed by atoms with Gasteiger partial charge in [0.2, 0.25) is 5.95 Å². The van der Waals surface area contributed by atoms with Crippen molar-refractivity contribution in [3.8, 4) is 11.4 Å². The molecule has 0 bridgehead atoms. The maximum Gasteiger partial charge on any atom is 0.208 e.